The maximum absolute atomic E-state index is 5.65. The fourth-order valence-electron chi connectivity index (χ4n) is 1.11. The van der Waals surface area contributed by atoms with Crippen molar-refractivity contribution in [3.8, 4) is 5.75 Å². The van der Waals surface area contributed by atoms with Crippen molar-refractivity contribution in [2.45, 2.75) is 25.5 Å². The summed E-state index contributed by atoms with van der Waals surface area (Å²) in [6, 6.07) is 7.54. The fourth-order valence-corrected chi connectivity index (χ4v) is 1.89. The highest BCUT2D eigenvalue weighted by Gasteiger charge is 2.09. The lowest BCUT2D eigenvalue weighted by Gasteiger charge is -2.17. The number of benzene rings is 1. The van der Waals surface area contributed by atoms with Crippen LogP contribution in [0.5, 0.6) is 5.75 Å². The van der Waals surface area contributed by atoms with Gasteiger partial charge in [-0.1, -0.05) is 26.8 Å². The van der Waals surface area contributed by atoms with Crippen molar-refractivity contribution in [3.05, 3.63) is 24.3 Å². The number of ether oxygens (including phenoxy) is 1. The van der Waals surface area contributed by atoms with E-state index in [-0.39, 0.29) is 0 Å². The third kappa shape index (κ3) is 5.57. The van der Waals surface area contributed by atoms with Gasteiger partial charge in [0.25, 0.3) is 0 Å². The number of hydrogen-bond acceptors (Lipinski definition) is 3. The van der Waals surface area contributed by atoms with Crippen LogP contribution in [0.25, 0.3) is 0 Å². The molecular weight excluding hydrogens is 206 g/mol. The Morgan fingerprint density at radius 1 is 1.33 bits per heavy atom. The van der Waals surface area contributed by atoms with Crippen LogP contribution in [-0.4, -0.2) is 17.1 Å². The molecule has 0 bridgehead atoms. The van der Waals surface area contributed by atoms with Crippen molar-refractivity contribution in [1.82, 2.24) is 0 Å². The average Bonchev–Trinajstić information content (AvgIpc) is 2.11. The number of nitrogens with two attached hydrogens (primary N) is 1. The van der Waals surface area contributed by atoms with Gasteiger partial charge in [-0.25, -0.2) is 0 Å². The topological polar surface area (TPSA) is 35.2 Å². The molecule has 15 heavy (non-hydrogen) atoms. The quantitative estimate of drug-likeness (QED) is 0.631. The molecule has 84 valence electrons. The van der Waals surface area contributed by atoms with Gasteiger partial charge in [0.2, 0.25) is 0 Å². The van der Waals surface area contributed by atoms with Crippen molar-refractivity contribution >= 4 is 17.4 Å². The van der Waals surface area contributed by atoms with Gasteiger partial charge in [0.05, 0.1) is 6.61 Å². The Labute approximate surface area is 96.2 Å². The van der Waals surface area contributed by atoms with E-state index >= 15 is 0 Å². The van der Waals surface area contributed by atoms with Crippen molar-refractivity contribution in [2.75, 3.05) is 18.1 Å². The summed E-state index contributed by atoms with van der Waals surface area (Å²) in [6.07, 6.45) is 0. The van der Waals surface area contributed by atoms with E-state index < -0.39 is 0 Å². The molecule has 2 N–H and O–H groups in total. The summed E-state index contributed by atoms with van der Waals surface area (Å²) in [7, 11) is 0. The van der Waals surface area contributed by atoms with Crippen LogP contribution >= 0.6 is 11.8 Å². The molecule has 0 aliphatic rings. The highest BCUT2D eigenvalue weighted by Crippen LogP contribution is 2.23. The first-order valence-corrected chi connectivity index (χ1v) is 6.08. The van der Waals surface area contributed by atoms with Gasteiger partial charge in [-0.15, -0.1) is 0 Å². The molecule has 0 saturated heterocycles. The standard InChI is InChI=1S/C12H19NOS/c1-12(2,3)15-8-7-14-11-6-4-5-10(13)9-11/h4-6,9H,7-8,13H2,1-3H3. The van der Waals surface area contributed by atoms with Gasteiger partial charge >= 0.3 is 0 Å². The fraction of sp³-hybridized carbons (Fsp3) is 0.500. The van der Waals surface area contributed by atoms with Crippen LogP contribution in [0.4, 0.5) is 5.69 Å². The van der Waals surface area contributed by atoms with Crippen LogP contribution in [0.2, 0.25) is 0 Å². The minimum atomic E-state index is 0.305. The number of rotatable bonds is 4. The van der Waals surface area contributed by atoms with Crippen LogP contribution in [0.1, 0.15) is 20.8 Å². The molecule has 1 aromatic carbocycles. The molecule has 0 aromatic heterocycles. The molecule has 1 rings (SSSR count). The maximum atomic E-state index is 5.65. The molecule has 0 fully saturated rings. The molecule has 0 spiro atoms. The second kappa shape index (κ2) is 5.31. The maximum Gasteiger partial charge on any atom is 0.121 e. The van der Waals surface area contributed by atoms with E-state index in [0.717, 1.165) is 23.8 Å². The molecule has 0 heterocycles. The second-order valence-electron chi connectivity index (χ2n) is 4.38. The Morgan fingerprint density at radius 3 is 2.67 bits per heavy atom. The molecule has 1 aromatic rings. The Bertz CT molecular complexity index is 307. The molecule has 2 nitrogen and oxygen atoms in total. The first-order valence-electron chi connectivity index (χ1n) is 5.10. The summed E-state index contributed by atoms with van der Waals surface area (Å²) < 4.78 is 5.89. The van der Waals surface area contributed by atoms with Crippen molar-refractivity contribution in [1.29, 1.82) is 0 Å². The molecule has 0 unspecified atom stereocenters. The average molecular weight is 225 g/mol. The van der Waals surface area contributed by atoms with Crippen LogP contribution in [0.3, 0.4) is 0 Å². The lowest BCUT2D eigenvalue weighted by Crippen LogP contribution is -2.11. The minimum Gasteiger partial charge on any atom is -0.493 e. The number of thioether (sulfide) groups is 1. The van der Waals surface area contributed by atoms with Gasteiger partial charge in [-0.3, -0.25) is 0 Å². The number of nitrogen functional groups attached to an aromatic ring is 1. The van der Waals surface area contributed by atoms with Crippen molar-refractivity contribution in [2.24, 2.45) is 0 Å². The summed E-state index contributed by atoms with van der Waals surface area (Å²) in [5.41, 5.74) is 6.39. The molecular formula is C12H19NOS. The zero-order chi connectivity index (χ0) is 11.3. The van der Waals surface area contributed by atoms with Gasteiger partial charge in [0.1, 0.15) is 5.75 Å². The summed E-state index contributed by atoms with van der Waals surface area (Å²) in [4.78, 5) is 0. The predicted molar refractivity (Wildman–Crippen MR) is 68.6 cm³/mol. The lowest BCUT2D eigenvalue weighted by atomic mass is 10.3. The molecule has 0 atom stereocenters. The molecule has 0 saturated carbocycles. The van der Waals surface area contributed by atoms with Gasteiger partial charge in [0, 0.05) is 22.3 Å². The number of hydrogen-bond donors (Lipinski definition) is 1. The zero-order valence-electron chi connectivity index (χ0n) is 9.62. The van der Waals surface area contributed by atoms with Crippen LogP contribution in [-0.2, 0) is 0 Å². The summed E-state index contributed by atoms with van der Waals surface area (Å²) >= 11 is 1.90. The van der Waals surface area contributed by atoms with Gasteiger partial charge in [-0.05, 0) is 12.1 Å². The third-order valence-electron chi connectivity index (χ3n) is 1.75. The van der Waals surface area contributed by atoms with Gasteiger partial charge in [-0.2, -0.15) is 11.8 Å². The van der Waals surface area contributed by atoms with E-state index in [2.05, 4.69) is 20.8 Å². The Morgan fingerprint density at radius 2 is 2.07 bits per heavy atom. The summed E-state index contributed by atoms with van der Waals surface area (Å²) in [5, 5.41) is 0. The summed E-state index contributed by atoms with van der Waals surface area (Å²) in [6.45, 7) is 7.35. The first-order chi connectivity index (χ1) is 6.97. The lowest BCUT2D eigenvalue weighted by molar-refractivity contribution is 0.344. The van der Waals surface area contributed by atoms with E-state index in [4.69, 9.17) is 10.5 Å². The normalized spacial score (nSPS) is 11.4. The Balaban J connectivity index is 2.26. The van der Waals surface area contributed by atoms with Gasteiger partial charge < -0.3 is 10.5 Å². The smallest absolute Gasteiger partial charge is 0.121 e. The zero-order valence-corrected chi connectivity index (χ0v) is 10.4. The van der Waals surface area contributed by atoms with Crippen LogP contribution < -0.4 is 10.5 Å². The minimum absolute atomic E-state index is 0.305. The van der Waals surface area contributed by atoms with E-state index in [0.29, 0.717) is 4.75 Å². The van der Waals surface area contributed by atoms with Crippen molar-refractivity contribution < 1.29 is 4.74 Å². The Kier molecular flexibility index (Phi) is 4.33. The van der Waals surface area contributed by atoms with E-state index in [1.165, 1.54) is 0 Å². The predicted octanol–water partition coefficient (Wildman–Crippen LogP) is 3.18. The SMILES string of the molecule is CC(C)(C)SCCOc1cccc(N)c1. The number of anilines is 1. The summed E-state index contributed by atoms with van der Waals surface area (Å²) in [5.74, 6) is 1.85. The Hall–Kier alpha value is -0.830. The highest BCUT2D eigenvalue weighted by atomic mass is 32.2. The molecule has 0 radical (unpaired) electrons. The van der Waals surface area contributed by atoms with Crippen molar-refractivity contribution in [3.63, 3.8) is 0 Å². The second-order valence-corrected chi connectivity index (χ2v) is 6.30. The van der Waals surface area contributed by atoms with E-state index in [1.807, 2.05) is 36.0 Å². The molecule has 3 heteroatoms. The highest BCUT2D eigenvalue weighted by molar-refractivity contribution is 8.00. The van der Waals surface area contributed by atoms with E-state index in [9.17, 15) is 0 Å². The van der Waals surface area contributed by atoms with Gasteiger partial charge in [0.15, 0.2) is 0 Å². The molecule has 0 aliphatic heterocycles. The monoisotopic (exact) mass is 225 g/mol. The van der Waals surface area contributed by atoms with Crippen LogP contribution in [0.15, 0.2) is 24.3 Å². The first kappa shape index (κ1) is 12.2. The molecule has 0 amide bonds. The largest absolute Gasteiger partial charge is 0.493 e. The van der Waals surface area contributed by atoms with Crippen LogP contribution in [0, 0.1) is 0 Å². The third-order valence-corrected chi connectivity index (χ3v) is 2.98. The molecule has 0 aliphatic carbocycles. The van der Waals surface area contributed by atoms with E-state index in [1.54, 1.807) is 0 Å².